The van der Waals surface area contributed by atoms with Crippen molar-refractivity contribution in [2.24, 2.45) is 10.7 Å². The second-order valence-electron chi connectivity index (χ2n) is 11.6. The molecule has 0 spiro atoms. The second-order valence-corrected chi connectivity index (χ2v) is 13.0. The second kappa shape index (κ2) is 13.2. The third kappa shape index (κ3) is 7.98. The Balaban J connectivity index is 0.000000782. The predicted octanol–water partition coefficient (Wildman–Crippen LogP) is 6.91. The minimum Gasteiger partial charge on any atom is -0.481 e. The van der Waals surface area contributed by atoms with Crippen LogP contribution in [-0.4, -0.2) is 57.6 Å². The van der Waals surface area contributed by atoms with Gasteiger partial charge in [0.1, 0.15) is 10.8 Å². The number of hydrogen-bond acceptors (Lipinski definition) is 8. The van der Waals surface area contributed by atoms with E-state index in [9.17, 15) is 9.90 Å². The predicted molar refractivity (Wildman–Crippen MR) is 178 cm³/mol. The first-order valence-corrected chi connectivity index (χ1v) is 15.2. The van der Waals surface area contributed by atoms with Gasteiger partial charge in [-0.25, -0.2) is 9.97 Å². The van der Waals surface area contributed by atoms with Crippen LogP contribution in [0.25, 0.3) is 31.9 Å². The normalized spacial score (nSPS) is 15.8. The molecule has 0 bridgehead atoms. The summed E-state index contributed by atoms with van der Waals surface area (Å²) in [6.45, 7) is 10.5. The molecule has 0 saturated carbocycles. The van der Waals surface area contributed by atoms with Gasteiger partial charge in [-0.2, -0.15) is 0 Å². The van der Waals surface area contributed by atoms with Crippen LogP contribution < -0.4 is 10.6 Å². The molecule has 0 atom stereocenters. The van der Waals surface area contributed by atoms with E-state index in [1.54, 1.807) is 38.3 Å². The summed E-state index contributed by atoms with van der Waals surface area (Å²) in [4.78, 5) is 28.0. The van der Waals surface area contributed by atoms with Crippen LogP contribution in [0.4, 0.5) is 5.82 Å². The highest BCUT2D eigenvalue weighted by Gasteiger charge is 2.23. The van der Waals surface area contributed by atoms with Gasteiger partial charge in [-0.15, -0.1) is 11.3 Å². The number of aryl methyl sites for hydroxylation is 1. The van der Waals surface area contributed by atoms with E-state index in [-0.39, 0.29) is 6.42 Å². The smallest absolute Gasteiger partial charge is 0.307 e. The standard InChI is InChI=1S/C29H28ClN5O2S.C4H10O/c1-16-12-24-28(27(21(16)14-26(36)37)18-4-6-20(30)7-5-18)38-29(34-24)19-8-10-33-25(13-19)35-11-9-23(32-3)22(15-35)17(2)31;1-4(2,3)5/h4-8,10,12-13H,9,11,14-15,31H2,1-3H3,(H,36,37);5H,1-3H3/b22-17-,32-23?;. The van der Waals surface area contributed by atoms with Gasteiger partial charge in [0, 0.05) is 65.9 Å². The zero-order valence-corrected chi connectivity index (χ0v) is 27.0. The molecule has 1 saturated heterocycles. The highest BCUT2D eigenvalue weighted by atomic mass is 35.5. The van der Waals surface area contributed by atoms with Crippen molar-refractivity contribution in [1.29, 1.82) is 0 Å². The molecule has 1 aliphatic rings. The third-order valence-corrected chi connectivity index (χ3v) is 8.24. The van der Waals surface area contributed by atoms with Crippen LogP contribution in [-0.2, 0) is 11.2 Å². The molecule has 2 aromatic heterocycles. The lowest BCUT2D eigenvalue weighted by molar-refractivity contribution is -0.136. The number of nitrogens with zero attached hydrogens (tertiary/aromatic N) is 4. The number of rotatable bonds is 5. The van der Waals surface area contributed by atoms with Crippen LogP contribution in [0.3, 0.4) is 0 Å². The molecule has 1 fully saturated rings. The van der Waals surface area contributed by atoms with Crippen molar-refractivity contribution >= 4 is 50.7 Å². The van der Waals surface area contributed by atoms with Crippen LogP contribution in [0.2, 0.25) is 5.02 Å². The quantitative estimate of drug-likeness (QED) is 0.222. The third-order valence-electron chi connectivity index (χ3n) is 6.85. The number of aromatic nitrogens is 2. The molecule has 0 unspecified atom stereocenters. The molecule has 8 nitrogen and oxygen atoms in total. The number of piperidine rings is 1. The Labute approximate surface area is 261 Å². The molecule has 4 aromatic rings. The zero-order chi connectivity index (χ0) is 31.5. The van der Waals surface area contributed by atoms with E-state index >= 15 is 0 Å². The van der Waals surface area contributed by atoms with Crippen LogP contribution in [0.1, 0.15) is 45.2 Å². The van der Waals surface area contributed by atoms with Gasteiger partial charge in [0.05, 0.1) is 22.2 Å². The summed E-state index contributed by atoms with van der Waals surface area (Å²) in [5.41, 5.74) is 13.8. The van der Waals surface area contributed by atoms with Gasteiger partial charge >= 0.3 is 5.97 Å². The molecule has 0 amide bonds. The highest BCUT2D eigenvalue weighted by molar-refractivity contribution is 7.22. The van der Waals surface area contributed by atoms with Gasteiger partial charge in [0.2, 0.25) is 0 Å². The first-order chi connectivity index (χ1) is 20.2. The Hall–Kier alpha value is -3.79. The molecule has 2 aromatic carbocycles. The zero-order valence-electron chi connectivity index (χ0n) is 25.4. The molecule has 1 aliphatic heterocycles. The van der Waals surface area contributed by atoms with Gasteiger partial charge in [0.25, 0.3) is 0 Å². The van der Waals surface area contributed by atoms with Gasteiger partial charge in [-0.05, 0) is 81.6 Å². The van der Waals surface area contributed by atoms with Crippen LogP contribution in [0.15, 0.2) is 64.9 Å². The van der Waals surface area contributed by atoms with E-state index in [1.807, 2.05) is 57.3 Å². The number of aliphatic carboxylic acids is 1. The molecular weight excluding hydrogens is 582 g/mol. The number of benzene rings is 2. The Kier molecular flexibility index (Phi) is 9.89. The van der Waals surface area contributed by atoms with Crippen molar-refractivity contribution in [2.45, 2.75) is 53.1 Å². The van der Waals surface area contributed by atoms with E-state index in [4.69, 9.17) is 27.4 Å². The Morgan fingerprint density at radius 1 is 1.16 bits per heavy atom. The van der Waals surface area contributed by atoms with Crippen LogP contribution >= 0.6 is 22.9 Å². The number of hydrogen-bond donors (Lipinski definition) is 3. The number of halogens is 1. The number of nitrogens with two attached hydrogens (primary N) is 1. The summed E-state index contributed by atoms with van der Waals surface area (Å²) >= 11 is 7.71. The molecule has 10 heteroatoms. The maximum Gasteiger partial charge on any atom is 0.307 e. The molecule has 5 rings (SSSR count). The summed E-state index contributed by atoms with van der Waals surface area (Å²) in [6, 6.07) is 13.5. The fourth-order valence-electron chi connectivity index (χ4n) is 4.93. The number of aliphatic hydroxyl groups is 1. The van der Waals surface area contributed by atoms with Gasteiger partial charge in [-0.3, -0.25) is 9.79 Å². The van der Waals surface area contributed by atoms with Gasteiger partial charge in [0.15, 0.2) is 0 Å². The lowest BCUT2D eigenvalue weighted by atomic mass is 9.93. The Morgan fingerprint density at radius 3 is 2.44 bits per heavy atom. The fourth-order valence-corrected chi connectivity index (χ4v) is 6.19. The summed E-state index contributed by atoms with van der Waals surface area (Å²) in [7, 11) is 1.81. The van der Waals surface area contributed by atoms with E-state index in [0.717, 1.165) is 78.8 Å². The number of thiazole rings is 1. The molecule has 0 aliphatic carbocycles. The van der Waals surface area contributed by atoms with Crippen molar-refractivity contribution in [2.75, 3.05) is 25.0 Å². The minimum absolute atomic E-state index is 0.0687. The number of carbonyl (C=O) groups is 1. The highest BCUT2D eigenvalue weighted by Crippen LogP contribution is 2.41. The van der Waals surface area contributed by atoms with E-state index in [0.29, 0.717) is 11.6 Å². The largest absolute Gasteiger partial charge is 0.481 e. The monoisotopic (exact) mass is 619 g/mol. The average molecular weight is 620 g/mol. The number of fused-ring (bicyclic) bond motifs is 1. The van der Waals surface area contributed by atoms with Crippen molar-refractivity contribution in [3.63, 3.8) is 0 Å². The summed E-state index contributed by atoms with van der Waals surface area (Å²) in [5.74, 6) is -0.0125. The number of allylic oxidation sites excluding steroid dienone is 1. The van der Waals surface area contributed by atoms with Crippen LogP contribution in [0, 0.1) is 6.92 Å². The fraction of sp³-hybridized carbons (Fsp3) is 0.333. The van der Waals surface area contributed by atoms with Gasteiger partial charge in [-0.1, -0.05) is 23.7 Å². The van der Waals surface area contributed by atoms with Crippen molar-refractivity contribution in [3.8, 4) is 21.7 Å². The maximum absolute atomic E-state index is 11.8. The van der Waals surface area contributed by atoms with Crippen molar-refractivity contribution in [1.82, 2.24) is 9.97 Å². The number of carboxylic acid groups (broad SMARTS) is 1. The molecular formula is C33H38ClN5O3S. The molecule has 226 valence electrons. The van der Waals surface area contributed by atoms with Crippen LogP contribution in [0.5, 0.6) is 0 Å². The number of pyridine rings is 1. The SMILES string of the molecule is CC(C)(C)O.CN=C1CCN(c2cc(-c3nc4cc(C)c(CC(=O)O)c(-c5ccc(Cl)cc5)c4s3)ccn2)C/C1=C(\C)N. The number of aliphatic imine (C=N–C) groups is 1. The first-order valence-electron chi connectivity index (χ1n) is 14.0. The molecule has 3 heterocycles. The maximum atomic E-state index is 11.8. The minimum atomic E-state index is -0.870. The van der Waals surface area contributed by atoms with Crippen molar-refractivity contribution < 1.29 is 15.0 Å². The summed E-state index contributed by atoms with van der Waals surface area (Å²) in [5, 5.41) is 19.6. The lowest BCUT2D eigenvalue weighted by Gasteiger charge is -2.31. The molecule has 4 N–H and O–H groups in total. The lowest BCUT2D eigenvalue weighted by Crippen LogP contribution is -2.37. The van der Waals surface area contributed by atoms with E-state index in [2.05, 4.69) is 20.9 Å². The Bertz CT molecular complexity index is 1690. The first kappa shape index (κ1) is 32.1. The van der Waals surface area contributed by atoms with Crippen molar-refractivity contribution in [3.05, 3.63) is 76.1 Å². The average Bonchev–Trinajstić information content (AvgIpc) is 3.36. The summed E-state index contributed by atoms with van der Waals surface area (Å²) in [6.07, 6.45) is 2.55. The topological polar surface area (TPSA) is 125 Å². The molecule has 43 heavy (non-hydrogen) atoms. The van der Waals surface area contributed by atoms with E-state index in [1.165, 1.54) is 0 Å². The molecule has 0 radical (unpaired) electrons. The van der Waals surface area contributed by atoms with E-state index < -0.39 is 11.6 Å². The number of carboxylic acids is 1. The summed E-state index contributed by atoms with van der Waals surface area (Å²) < 4.78 is 0.952. The number of anilines is 1. The van der Waals surface area contributed by atoms with Gasteiger partial charge < -0.3 is 20.8 Å². The Morgan fingerprint density at radius 2 is 1.84 bits per heavy atom.